The first-order valence-corrected chi connectivity index (χ1v) is 7.03. The minimum atomic E-state index is -0.444. The normalized spacial score (nSPS) is 11.5. The van der Waals surface area contributed by atoms with E-state index in [2.05, 4.69) is 0 Å². The van der Waals surface area contributed by atoms with E-state index in [-0.39, 0.29) is 18.1 Å². The number of hydrogen-bond acceptors (Lipinski definition) is 4. The van der Waals surface area contributed by atoms with Crippen molar-refractivity contribution in [3.63, 3.8) is 0 Å². The number of esters is 1. The molecule has 0 unspecified atom stereocenters. The van der Waals surface area contributed by atoms with Crippen molar-refractivity contribution in [2.75, 3.05) is 13.2 Å². The number of rotatable bonds is 6. The summed E-state index contributed by atoms with van der Waals surface area (Å²) in [6.07, 6.45) is 0. The summed E-state index contributed by atoms with van der Waals surface area (Å²) in [6.45, 7) is 9.14. The molecule has 1 amide bonds. The van der Waals surface area contributed by atoms with E-state index in [4.69, 9.17) is 10.5 Å². The molecule has 0 radical (unpaired) electrons. The fourth-order valence-corrected chi connectivity index (χ4v) is 1.89. The van der Waals surface area contributed by atoms with E-state index < -0.39 is 5.91 Å². The van der Waals surface area contributed by atoms with Gasteiger partial charge in [0.2, 0.25) is 5.91 Å². The highest BCUT2D eigenvalue weighted by Crippen LogP contribution is 2.17. The molecule has 0 saturated heterocycles. The molecular formula is C16H24N2O3. The molecule has 0 spiro atoms. The van der Waals surface area contributed by atoms with Crippen LogP contribution in [0, 0.1) is 0 Å². The van der Waals surface area contributed by atoms with E-state index in [1.807, 2.05) is 37.8 Å². The van der Waals surface area contributed by atoms with Gasteiger partial charge in [-0.2, -0.15) is 0 Å². The van der Waals surface area contributed by atoms with Crippen LogP contribution in [0.5, 0.6) is 0 Å². The summed E-state index contributed by atoms with van der Waals surface area (Å²) in [5.74, 6) is -0.679. The molecule has 1 aromatic carbocycles. The molecule has 21 heavy (non-hydrogen) atoms. The first kappa shape index (κ1) is 17.2. The van der Waals surface area contributed by atoms with Crippen LogP contribution in [0.1, 0.15) is 43.6 Å². The van der Waals surface area contributed by atoms with E-state index in [0.717, 1.165) is 5.56 Å². The first-order chi connectivity index (χ1) is 9.74. The lowest BCUT2D eigenvalue weighted by Crippen LogP contribution is -2.44. The highest BCUT2D eigenvalue weighted by molar-refractivity contribution is 5.92. The highest BCUT2D eigenvalue weighted by atomic mass is 16.5. The fraction of sp³-hybridized carbons (Fsp3) is 0.500. The average molecular weight is 292 g/mol. The molecule has 0 aliphatic rings. The SMILES string of the molecule is CCOC(=O)CN(Cc1ccc(C(N)=O)cc1)C(C)(C)C. The molecule has 0 aliphatic carbocycles. The predicted octanol–water partition coefficient (Wildman–Crippen LogP) is 1.95. The minimum Gasteiger partial charge on any atom is -0.465 e. The zero-order chi connectivity index (χ0) is 16.0. The van der Waals surface area contributed by atoms with Crippen LogP contribution in [-0.4, -0.2) is 35.5 Å². The predicted molar refractivity (Wildman–Crippen MR) is 81.8 cm³/mol. The van der Waals surface area contributed by atoms with Crippen molar-refractivity contribution in [3.8, 4) is 0 Å². The first-order valence-electron chi connectivity index (χ1n) is 7.03. The van der Waals surface area contributed by atoms with Gasteiger partial charge < -0.3 is 10.5 Å². The number of nitrogens with two attached hydrogens (primary N) is 1. The standard InChI is InChI=1S/C16H24N2O3/c1-5-21-14(19)11-18(16(2,3)4)10-12-6-8-13(9-7-12)15(17)20/h6-9H,5,10-11H2,1-4H3,(H2,17,20). The van der Waals surface area contributed by atoms with Crippen LogP contribution in [-0.2, 0) is 16.1 Å². The van der Waals surface area contributed by atoms with Crippen LogP contribution in [0.4, 0.5) is 0 Å². The second kappa shape index (κ2) is 7.22. The van der Waals surface area contributed by atoms with Crippen LogP contribution in [0.2, 0.25) is 0 Å². The van der Waals surface area contributed by atoms with E-state index >= 15 is 0 Å². The van der Waals surface area contributed by atoms with E-state index in [0.29, 0.717) is 18.7 Å². The van der Waals surface area contributed by atoms with Crippen molar-refractivity contribution >= 4 is 11.9 Å². The van der Waals surface area contributed by atoms with Crippen LogP contribution in [0.15, 0.2) is 24.3 Å². The van der Waals surface area contributed by atoms with Gasteiger partial charge in [0, 0.05) is 17.6 Å². The van der Waals surface area contributed by atoms with Gasteiger partial charge in [0.15, 0.2) is 0 Å². The van der Waals surface area contributed by atoms with Gasteiger partial charge in [-0.3, -0.25) is 14.5 Å². The van der Waals surface area contributed by atoms with Crippen molar-refractivity contribution in [2.45, 2.75) is 39.8 Å². The number of ether oxygens (including phenoxy) is 1. The number of amides is 1. The molecule has 0 aromatic heterocycles. The summed E-state index contributed by atoms with van der Waals surface area (Å²) in [7, 11) is 0. The molecule has 0 fully saturated rings. The Balaban J connectivity index is 2.81. The molecule has 5 nitrogen and oxygen atoms in total. The van der Waals surface area contributed by atoms with Crippen molar-refractivity contribution < 1.29 is 14.3 Å². The Labute approximate surface area is 126 Å². The molecule has 1 rings (SSSR count). The average Bonchev–Trinajstić information content (AvgIpc) is 2.37. The molecule has 2 N–H and O–H groups in total. The minimum absolute atomic E-state index is 0.172. The molecule has 116 valence electrons. The largest absolute Gasteiger partial charge is 0.465 e. The second-order valence-electron chi connectivity index (χ2n) is 5.89. The molecule has 5 heteroatoms. The van der Waals surface area contributed by atoms with E-state index in [1.54, 1.807) is 19.1 Å². The highest BCUT2D eigenvalue weighted by Gasteiger charge is 2.24. The zero-order valence-corrected chi connectivity index (χ0v) is 13.2. The Bertz CT molecular complexity index is 489. The Morgan fingerprint density at radius 2 is 1.76 bits per heavy atom. The summed E-state index contributed by atoms with van der Waals surface area (Å²) in [4.78, 5) is 24.8. The number of primary amides is 1. The molecule has 0 heterocycles. The molecule has 0 atom stereocenters. The summed E-state index contributed by atoms with van der Waals surface area (Å²) in [5.41, 5.74) is 6.54. The third kappa shape index (κ3) is 5.55. The van der Waals surface area contributed by atoms with Crippen molar-refractivity contribution in [2.24, 2.45) is 5.73 Å². The Morgan fingerprint density at radius 1 is 1.19 bits per heavy atom. The van der Waals surface area contributed by atoms with Gasteiger partial charge in [-0.05, 0) is 45.4 Å². The third-order valence-electron chi connectivity index (χ3n) is 3.19. The monoisotopic (exact) mass is 292 g/mol. The number of nitrogens with zero attached hydrogens (tertiary/aromatic N) is 1. The van der Waals surface area contributed by atoms with Crippen molar-refractivity contribution in [1.82, 2.24) is 4.90 Å². The summed E-state index contributed by atoms with van der Waals surface area (Å²) in [5, 5.41) is 0. The lowest BCUT2D eigenvalue weighted by molar-refractivity contribution is -0.146. The van der Waals surface area contributed by atoms with Crippen molar-refractivity contribution in [3.05, 3.63) is 35.4 Å². The summed E-state index contributed by atoms with van der Waals surface area (Å²) in [6, 6.07) is 7.10. The number of benzene rings is 1. The maximum atomic E-state index is 11.7. The van der Waals surface area contributed by atoms with Gasteiger partial charge >= 0.3 is 5.97 Å². The maximum Gasteiger partial charge on any atom is 0.320 e. The van der Waals surface area contributed by atoms with Gasteiger partial charge in [-0.25, -0.2) is 0 Å². The van der Waals surface area contributed by atoms with Gasteiger partial charge in [0.05, 0.1) is 13.2 Å². The van der Waals surface area contributed by atoms with E-state index in [1.165, 1.54) is 0 Å². The topological polar surface area (TPSA) is 72.6 Å². The molecule has 0 saturated carbocycles. The summed E-state index contributed by atoms with van der Waals surface area (Å²) < 4.78 is 5.01. The molecule has 0 bridgehead atoms. The fourth-order valence-electron chi connectivity index (χ4n) is 1.89. The number of carbonyl (C=O) groups excluding carboxylic acids is 2. The maximum absolute atomic E-state index is 11.7. The van der Waals surface area contributed by atoms with E-state index in [9.17, 15) is 9.59 Å². The van der Waals surface area contributed by atoms with Crippen LogP contribution in [0.25, 0.3) is 0 Å². The van der Waals surface area contributed by atoms with Gasteiger partial charge in [-0.1, -0.05) is 12.1 Å². The second-order valence-corrected chi connectivity index (χ2v) is 5.89. The molecule has 1 aromatic rings. The third-order valence-corrected chi connectivity index (χ3v) is 3.19. The number of carbonyl (C=O) groups is 2. The Morgan fingerprint density at radius 3 is 2.19 bits per heavy atom. The van der Waals surface area contributed by atoms with Gasteiger partial charge in [0.1, 0.15) is 0 Å². The van der Waals surface area contributed by atoms with Crippen LogP contribution >= 0.6 is 0 Å². The Kier molecular flexibility index (Phi) is 5.90. The number of hydrogen-bond donors (Lipinski definition) is 1. The van der Waals surface area contributed by atoms with Crippen molar-refractivity contribution in [1.29, 1.82) is 0 Å². The summed E-state index contributed by atoms with van der Waals surface area (Å²) >= 11 is 0. The van der Waals surface area contributed by atoms with Crippen LogP contribution in [0.3, 0.4) is 0 Å². The lowest BCUT2D eigenvalue weighted by Gasteiger charge is -2.34. The van der Waals surface area contributed by atoms with Gasteiger partial charge in [0.25, 0.3) is 0 Å². The van der Waals surface area contributed by atoms with Crippen LogP contribution < -0.4 is 5.73 Å². The molecular weight excluding hydrogens is 268 g/mol. The smallest absolute Gasteiger partial charge is 0.320 e. The lowest BCUT2D eigenvalue weighted by atomic mass is 10.0. The zero-order valence-electron chi connectivity index (χ0n) is 13.2. The quantitative estimate of drug-likeness (QED) is 0.813. The Hall–Kier alpha value is -1.88. The van der Waals surface area contributed by atoms with Gasteiger partial charge in [-0.15, -0.1) is 0 Å². The molecule has 0 aliphatic heterocycles.